The number of hydrogen-bond acceptors (Lipinski definition) is 2. The maximum atomic E-state index is 13.7. The molecule has 1 aliphatic rings. The van der Waals surface area contributed by atoms with Gasteiger partial charge >= 0.3 is 0 Å². The van der Waals surface area contributed by atoms with Gasteiger partial charge in [-0.25, -0.2) is 4.39 Å². The second-order valence-electron chi connectivity index (χ2n) is 5.34. The van der Waals surface area contributed by atoms with Crippen molar-refractivity contribution in [1.82, 2.24) is 10.2 Å². The molecule has 0 atom stereocenters. The molecule has 4 heteroatoms. The van der Waals surface area contributed by atoms with Gasteiger partial charge in [0.2, 0.25) is 5.91 Å². The first-order valence-corrected chi connectivity index (χ1v) is 7.46. The molecule has 1 aliphatic heterocycles. The molecule has 0 spiro atoms. The Morgan fingerprint density at radius 3 is 2.70 bits per heavy atom. The molecule has 1 fully saturated rings. The number of rotatable bonds is 5. The fourth-order valence-corrected chi connectivity index (χ4v) is 2.78. The fourth-order valence-electron chi connectivity index (χ4n) is 2.78. The first-order chi connectivity index (χ1) is 9.72. The van der Waals surface area contributed by atoms with Gasteiger partial charge in [0.15, 0.2) is 0 Å². The molecule has 0 bridgehead atoms. The molecule has 1 amide bonds. The Morgan fingerprint density at radius 1 is 1.35 bits per heavy atom. The van der Waals surface area contributed by atoms with Crippen molar-refractivity contribution in [1.29, 1.82) is 0 Å². The third kappa shape index (κ3) is 3.79. The van der Waals surface area contributed by atoms with Gasteiger partial charge in [0.05, 0.1) is 6.42 Å². The first-order valence-electron chi connectivity index (χ1n) is 7.46. The Labute approximate surface area is 120 Å². The lowest BCUT2D eigenvalue weighted by atomic mass is 10.0. The number of carbonyl (C=O) groups excluding carboxylic acids is 1. The van der Waals surface area contributed by atoms with Gasteiger partial charge < -0.3 is 10.2 Å². The Bertz CT molecular complexity index is 444. The van der Waals surface area contributed by atoms with Crippen molar-refractivity contribution in [2.75, 3.05) is 19.6 Å². The number of nitrogens with one attached hydrogen (secondary N) is 1. The zero-order valence-electron chi connectivity index (χ0n) is 12.1. The van der Waals surface area contributed by atoms with Crippen LogP contribution in [0.2, 0.25) is 0 Å². The third-order valence-electron chi connectivity index (χ3n) is 3.83. The minimum Gasteiger partial charge on any atom is -0.339 e. The van der Waals surface area contributed by atoms with Crippen LogP contribution in [0.3, 0.4) is 0 Å². The summed E-state index contributed by atoms with van der Waals surface area (Å²) < 4.78 is 13.7. The SMILES string of the molecule is CCCN(C(=O)Cc1ccccc1F)C1CCNCC1. The van der Waals surface area contributed by atoms with Gasteiger partial charge in [-0.05, 0) is 44.0 Å². The predicted octanol–water partition coefficient (Wildman–Crippen LogP) is 2.36. The zero-order chi connectivity index (χ0) is 14.4. The van der Waals surface area contributed by atoms with Gasteiger partial charge in [-0.2, -0.15) is 0 Å². The van der Waals surface area contributed by atoms with E-state index in [1.807, 2.05) is 4.90 Å². The van der Waals surface area contributed by atoms with E-state index in [0.717, 1.165) is 38.9 Å². The van der Waals surface area contributed by atoms with Crippen molar-refractivity contribution >= 4 is 5.91 Å². The number of nitrogens with zero attached hydrogens (tertiary/aromatic N) is 1. The molecule has 0 aliphatic carbocycles. The van der Waals surface area contributed by atoms with E-state index < -0.39 is 0 Å². The highest BCUT2D eigenvalue weighted by Gasteiger charge is 2.25. The minimum absolute atomic E-state index is 0.0452. The summed E-state index contributed by atoms with van der Waals surface area (Å²) in [6.07, 6.45) is 3.08. The summed E-state index contributed by atoms with van der Waals surface area (Å²) in [6, 6.07) is 6.84. The second-order valence-corrected chi connectivity index (χ2v) is 5.34. The molecule has 0 saturated carbocycles. The summed E-state index contributed by atoms with van der Waals surface area (Å²) in [4.78, 5) is 14.4. The lowest BCUT2D eigenvalue weighted by Crippen LogP contribution is -2.47. The van der Waals surface area contributed by atoms with E-state index >= 15 is 0 Å². The molecule has 1 saturated heterocycles. The smallest absolute Gasteiger partial charge is 0.227 e. The molecule has 1 heterocycles. The summed E-state index contributed by atoms with van der Waals surface area (Å²) in [7, 11) is 0. The average Bonchev–Trinajstić information content (AvgIpc) is 2.48. The van der Waals surface area contributed by atoms with Crippen molar-refractivity contribution in [3.05, 3.63) is 35.6 Å². The van der Waals surface area contributed by atoms with Gasteiger partial charge in [0.25, 0.3) is 0 Å². The lowest BCUT2D eigenvalue weighted by Gasteiger charge is -2.34. The Morgan fingerprint density at radius 2 is 2.05 bits per heavy atom. The number of piperidine rings is 1. The van der Waals surface area contributed by atoms with Crippen LogP contribution < -0.4 is 5.32 Å². The number of carbonyl (C=O) groups is 1. The number of amides is 1. The maximum Gasteiger partial charge on any atom is 0.227 e. The number of benzene rings is 1. The van der Waals surface area contributed by atoms with E-state index in [0.29, 0.717) is 11.6 Å². The van der Waals surface area contributed by atoms with Gasteiger partial charge in [-0.3, -0.25) is 4.79 Å². The minimum atomic E-state index is -0.289. The molecular weight excluding hydrogens is 255 g/mol. The molecule has 20 heavy (non-hydrogen) atoms. The highest BCUT2D eigenvalue weighted by Crippen LogP contribution is 2.16. The van der Waals surface area contributed by atoms with Crippen molar-refractivity contribution in [2.24, 2.45) is 0 Å². The van der Waals surface area contributed by atoms with Gasteiger partial charge in [-0.1, -0.05) is 25.1 Å². The molecule has 0 radical (unpaired) electrons. The van der Waals surface area contributed by atoms with E-state index in [9.17, 15) is 9.18 Å². The van der Waals surface area contributed by atoms with Crippen LogP contribution >= 0.6 is 0 Å². The normalized spacial score (nSPS) is 16.1. The molecular formula is C16H23FN2O. The second kappa shape index (κ2) is 7.39. The molecule has 1 aromatic carbocycles. The predicted molar refractivity (Wildman–Crippen MR) is 78.0 cm³/mol. The summed E-state index contributed by atoms with van der Waals surface area (Å²) in [5.74, 6) is -0.244. The average molecular weight is 278 g/mol. The monoisotopic (exact) mass is 278 g/mol. The number of halogens is 1. The van der Waals surface area contributed by atoms with E-state index in [1.54, 1.807) is 18.2 Å². The molecule has 0 unspecified atom stereocenters. The largest absolute Gasteiger partial charge is 0.339 e. The van der Waals surface area contributed by atoms with Crippen LogP contribution in [0.25, 0.3) is 0 Å². The zero-order valence-corrected chi connectivity index (χ0v) is 12.1. The fraction of sp³-hybridized carbons (Fsp3) is 0.562. The van der Waals surface area contributed by atoms with Crippen LogP contribution in [0.5, 0.6) is 0 Å². The van der Waals surface area contributed by atoms with Crippen molar-refractivity contribution < 1.29 is 9.18 Å². The van der Waals surface area contributed by atoms with Crippen molar-refractivity contribution in [2.45, 2.75) is 38.6 Å². The van der Waals surface area contributed by atoms with Gasteiger partial charge in [0.1, 0.15) is 5.82 Å². The van der Waals surface area contributed by atoms with E-state index in [1.165, 1.54) is 6.07 Å². The Kier molecular flexibility index (Phi) is 5.53. The van der Waals surface area contributed by atoms with E-state index in [4.69, 9.17) is 0 Å². The van der Waals surface area contributed by atoms with Crippen molar-refractivity contribution in [3.63, 3.8) is 0 Å². The highest BCUT2D eigenvalue weighted by atomic mass is 19.1. The van der Waals surface area contributed by atoms with Crippen molar-refractivity contribution in [3.8, 4) is 0 Å². The van der Waals surface area contributed by atoms with Crippen LogP contribution in [0.1, 0.15) is 31.7 Å². The summed E-state index contributed by atoms with van der Waals surface area (Å²) in [6.45, 7) is 4.75. The van der Waals surface area contributed by atoms with E-state index in [2.05, 4.69) is 12.2 Å². The molecule has 1 aromatic rings. The van der Waals surface area contributed by atoms with Gasteiger partial charge in [0, 0.05) is 12.6 Å². The quantitative estimate of drug-likeness (QED) is 0.896. The first kappa shape index (κ1) is 15.0. The maximum absolute atomic E-state index is 13.7. The third-order valence-corrected chi connectivity index (χ3v) is 3.83. The summed E-state index contributed by atoms with van der Waals surface area (Å²) in [5.41, 5.74) is 0.493. The highest BCUT2D eigenvalue weighted by molar-refractivity contribution is 5.79. The molecule has 1 N–H and O–H groups in total. The van der Waals surface area contributed by atoms with Crippen LogP contribution in [-0.4, -0.2) is 36.5 Å². The van der Waals surface area contributed by atoms with Crippen LogP contribution in [-0.2, 0) is 11.2 Å². The molecule has 2 rings (SSSR count). The topological polar surface area (TPSA) is 32.3 Å². The Balaban J connectivity index is 2.04. The summed E-state index contributed by atoms with van der Waals surface area (Å²) in [5, 5.41) is 3.31. The van der Waals surface area contributed by atoms with Gasteiger partial charge in [-0.15, -0.1) is 0 Å². The standard InChI is InChI=1S/C16H23FN2O/c1-2-11-19(14-7-9-18-10-8-14)16(20)12-13-5-3-4-6-15(13)17/h3-6,14,18H,2,7-12H2,1H3. The lowest BCUT2D eigenvalue weighted by molar-refractivity contribution is -0.133. The molecule has 110 valence electrons. The summed E-state index contributed by atoms with van der Waals surface area (Å²) >= 11 is 0. The van der Waals surface area contributed by atoms with Crippen LogP contribution in [0.4, 0.5) is 4.39 Å². The van der Waals surface area contributed by atoms with Crippen LogP contribution in [0, 0.1) is 5.82 Å². The molecule has 3 nitrogen and oxygen atoms in total. The van der Waals surface area contributed by atoms with E-state index in [-0.39, 0.29) is 18.1 Å². The Hall–Kier alpha value is -1.42. The van der Waals surface area contributed by atoms with Crippen LogP contribution in [0.15, 0.2) is 24.3 Å². The molecule has 0 aromatic heterocycles. The number of hydrogen-bond donors (Lipinski definition) is 1.